The van der Waals surface area contributed by atoms with Gasteiger partial charge in [-0.1, -0.05) is 18.2 Å². The summed E-state index contributed by atoms with van der Waals surface area (Å²) in [5.41, 5.74) is 1.42. The summed E-state index contributed by atoms with van der Waals surface area (Å²) in [6.07, 6.45) is -3.64. The molecule has 118 valence electrons. The molecule has 0 heterocycles. The molecule has 0 saturated carbocycles. The zero-order valence-corrected chi connectivity index (χ0v) is 11.8. The zero-order chi connectivity index (χ0) is 15.7. The third kappa shape index (κ3) is 7.10. The lowest BCUT2D eigenvalue weighted by atomic mass is 10.0. The largest absolute Gasteiger partial charge is 0.411 e. The van der Waals surface area contributed by atoms with Gasteiger partial charge in [0.1, 0.15) is 6.61 Å². The van der Waals surface area contributed by atoms with Gasteiger partial charge < -0.3 is 15.4 Å². The first kappa shape index (κ1) is 17.5. The first-order chi connectivity index (χ1) is 9.94. The number of hydrogen-bond acceptors (Lipinski definition) is 3. The van der Waals surface area contributed by atoms with Gasteiger partial charge in [0, 0.05) is 12.1 Å². The van der Waals surface area contributed by atoms with E-state index in [2.05, 4.69) is 15.4 Å². The van der Waals surface area contributed by atoms with Gasteiger partial charge in [0.15, 0.2) is 0 Å². The number of alkyl halides is 3. The third-order valence-corrected chi connectivity index (χ3v) is 2.70. The van der Waals surface area contributed by atoms with E-state index in [-0.39, 0.29) is 19.1 Å². The van der Waals surface area contributed by atoms with Gasteiger partial charge in [0.05, 0.1) is 6.61 Å². The van der Waals surface area contributed by atoms with E-state index in [0.717, 1.165) is 12.1 Å². The highest BCUT2D eigenvalue weighted by atomic mass is 19.4. The van der Waals surface area contributed by atoms with E-state index in [0.29, 0.717) is 12.0 Å². The van der Waals surface area contributed by atoms with Crippen LogP contribution in [0.4, 0.5) is 13.2 Å². The van der Waals surface area contributed by atoms with Crippen LogP contribution < -0.4 is 10.6 Å². The van der Waals surface area contributed by atoms with Crippen molar-refractivity contribution in [1.82, 2.24) is 10.6 Å². The predicted molar refractivity (Wildman–Crippen MR) is 73.3 cm³/mol. The second-order valence-corrected chi connectivity index (χ2v) is 4.43. The second kappa shape index (κ2) is 8.63. The molecule has 0 aromatic heterocycles. The van der Waals surface area contributed by atoms with E-state index in [9.17, 15) is 18.0 Å². The molecule has 0 radical (unpaired) electrons. The van der Waals surface area contributed by atoms with E-state index in [4.69, 9.17) is 0 Å². The monoisotopic (exact) mass is 304 g/mol. The summed E-state index contributed by atoms with van der Waals surface area (Å²) in [5, 5.41) is 5.55. The van der Waals surface area contributed by atoms with Gasteiger partial charge in [-0.25, -0.2) is 0 Å². The lowest BCUT2D eigenvalue weighted by Crippen LogP contribution is -2.29. The number of benzene rings is 1. The number of likely N-dealkylation sites (N-methyl/N-ethyl adjacent to an activating group) is 1. The van der Waals surface area contributed by atoms with Crippen LogP contribution in [-0.2, 0) is 11.2 Å². The van der Waals surface area contributed by atoms with E-state index in [1.807, 2.05) is 19.2 Å². The molecule has 2 N–H and O–H groups in total. The molecule has 0 saturated heterocycles. The normalized spacial score (nSPS) is 11.4. The molecule has 0 atom stereocenters. The summed E-state index contributed by atoms with van der Waals surface area (Å²) in [4.78, 5) is 12.0. The van der Waals surface area contributed by atoms with Crippen molar-refractivity contribution in [1.29, 1.82) is 0 Å². The quantitative estimate of drug-likeness (QED) is 0.720. The van der Waals surface area contributed by atoms with Gasteiger partial charge in [-0.3, -0.25) is 4.79 Å². The molecule has 0 bridgehead atoms. The van der Waals surface area contributed by atoms with Gasteiger partial charge >= 0.3 is 6.18 Å². The van der Waals surface area contributed by atoms with Crippen LogP contribution in [0.1, 0.15) is 15.9 Å². The van der Waals surface area contributed by atoms with E-state index >= 15 is 0 Å². The molecule has 0 aliphatic carbocycles. The Bertz CT molecular complexity index is 450. The fourth-order valence-electron chi connectivity index (χ4n) is 1.74. The minimum absolute atomic E-state index is 0.0370. The van der Waals surface area contributed by atoms with Crippen LogP contribution in [0.3, 0.4) is 0 Å². The highest BCUT2D eigenvalue weighted by Gasteiger charge is 2.27. The standard InChI is InChI=1S/C14H19F3N2O2/c1-18-7-6-11-4-2-3-5-12(11)13(20)19-8-9-21-10-14(15,16)17/h2-5,18H,6-10H2,1H3,(H,19,20). The average Bonchev–Trinajstić information content (AvgIpc) is 2.43. The molecule has 1 aromatic carbocycles. The smallest absolute Gasteiger partial charge is 0.370 e. The average molecular weight is 304 g/mol. The van der Waals surface area contributed by atoms with Gasteiger partial charge in [-0.15, -0.1) is 0 Å². The Morgan fingerprint density at radius 2 is 1.95 bits per heavy atom. The second-order valence-electron chi connectivity index (χ2n) is 4.43. The van der Waals surface area contributed by atoms with Crippen LogP contribution in [0, 0.1) is 0 Å². The topological polar surface area (TPSA) is 50.4 Å². The Kier molecular flexibility index (Phi) is 7.18. The van der Waals surface area contributed by atoms with Crippen molar-refractivity contribution < 1.29 is 22.7 Å². The highest BCUT2D eigenvalue weighted by molar-refractivity contribution is 5.95. The van der Waals surface area contributed by atoms with Crippen molar-refractivity contribution in [2.75, 3.05) is 33.4 Å². The minimum atomic E-state index is -4.34. The number of rotatable bonds is 8. The van der Waals surface area contributed by atoms with E-state index in [1.165, 1.54) is 0 Å². The maximum absolute atomic E-state index is 12.0. The first-order valence-electron chi connectivity index (χ1n) is 6.59. The van der Waals surface area contributed by atoms with Crippen molar-refractivity contribution in [3.05, 3.63) is 35.4 Å². The van der Waals surface area contributed by atoms with Gasteiger partial charge in [-0.05, 0) is 31.6 Å². The van der Waals surface area contributed by atoms with Crippen molar-refractivity contribution in [3.8, 4) is 0 Å². The SMILES string of the molecule is CNCCc1ccccc1C(=O)NCCOCC(F)(F)F. The Morgan fingerprint density at radius 3 is 2.62 bits per heavy atom. The first-order valence-corrected chi connectivity index (χ1v) is 6.59. The number of carbonyl (C=O) groups is 1. The number of ether oxygens (including phenoxy) is 1. The molecular formula is C14H19F3N2O2. The Morgan fingerprint density at radius 1 is 1.24 bits per heavy atom. The summed E-state index contributed by atoms with van der Waals surface area (Å²) in [5.74, 6) is -0.308. The Hall–Kier alpha value is -1.60. The summed E-state index contributed by atoms with van der Waals surface area (Å²) in [7, 11) is 1.82. The summed E-state index contributed by atoms with van der Waals surface area (Å²) in [6, 6.07) is 7.13. The lowest BCUT2D eigenvalue weighted by molar-refractivity contribution is -0.173. The summed E-state index contributed by atoms with van der Waals surface area (Å²) < 4.78 is 40.0. The summed E-state index contributed by atoms with van der Waals surface area (Å²) in [6.45, 7) is -0.709. The number of halogens is 3. The fourth-order valence-corrected chi connectivity index (χ4v) is 1.74. The van der Waals surface area contributed by atoms with Gasteiger partial charge in [0.2, 0.25) is 0 Å². The third-order valence-electron chi connectivity index (χ3n) is 2.70. The van der Waals surface area contributed by atoms with Crippen molar-refractivity contribution in [3.63, 3.8) is 0 Å². The molecule has 7 heteroatoms. The fraction of sp³-hybridized carbons (Fsp3) is 0.500. The van der Waals surface area contributed by atoms with Crippen molar-refractivity contribution in [2.45, 2.75) is 12.6 Å². The molecule has 4 nitrogen and oxygen atoms in total. The number of nitrogens with one attached hydrogen (secondary N) is 2. The highest BCUT2D eigenvalue weighted by Crippen LogP contribution is 2.14. The van der Waals surface area contributed by atoms with Crippen LogP contribution in [0.15, 0.2) is 24.3 Å². The molecule has 0 aliphatic rings. The molecule has 1 aromatic rings. The molecule has 0 spiro atoms. The van der Waals surface area contributed by atoms with E-state index in [1.54, 1.807) is 12.1 Å². The van der Waals surface area contributed by atoms with Crippen LogP contribution >= 0.6 is 0 Å². The molecule has 0 fully saturated rings. The zero-order valence-electron chi connectivity index (χ0n) is 11.8. The van der Waals surface area contributed by atoms with Gasteiger partial charge in [-0.2, -0.15) is 13.2 Å². The molecule has 1 rings (SSSR count). The van der Waals surface area contributed by atoms with Crippen LogP contribution in [0.2, 0.25) is 0 Å². The minimum Gasteiger partial charge on any atom is -0.370 e. The Balaban J connectivity index is 2.41. The van der Waals surface area contributed by atoms with Gasteiger partial charge in [0.25, 0.3) is 5.91 Å². The van der Waals surface area contributed by atoms with Crippen LogP contribution in [-0.4, -0.2) is 45.4 Å². The Labute approximate surface area is 121 Å². The molecule has 1 amide bonds. The van der Waals surface area contributed by atoms with Crippen molar-refractivity contribution >= 4 is 5.91 Å². The van der Waals surface area contributed by atoms with Crippen LogP contribution in [0.5, 0.6) is 0 Å². The number of hydrogen-bond donors (Lipinski definition) is 2. The molecule has 21 heavy (non-hydrogen) atoms. The molecular weight excluding hydrogens is 285 g/mol. The maximum atomic E-state index is 12.0. The van der Waals surface area contributed by atoms with E-state index < -0.39 is 12.8 Å². The molecule has 0 unspecified atom stereocenters. The molecule has 0 aliphatic heterocycles. The lowest BCUT2D eigenvalue weighted by Gasteiger charge is -2.11. The predicted octanol–water partition coefficient (Wildman–Crippen LogP) is 1.76. The van der Waals surface area contributed by atoms with Crippen molar-refractivity contribution in [2.24, 2.45) is 0 Å². The number of carbonyl (C=O) groups excluding carboxylic acids is 1. The van der Waals surface area contributed by atoms with Crippen LogP contribution in [0.25, 0.3) is 0 Å². The summed E-state index contributed by atoms with van der Waals surface area (Å²) >= 11 is 0. The maximum Gasteiger partial charge on any atom is 0.411 e. The number of amides is 1.